The summed E-state index contributed by atoms with van der Waals surface area (Å²) >= 11 is 5.85. The molecule has 100 valence electrons. The molecule has 19 heavy (non-hydrogen) atoms. The summed E-state index contributed by atoms with van der Waals surface area (Å²) in [5, 5.41) is 14.9. The molecule has 3 rings (SSSR count). The third-order valence-corrected chi connectivity index (χ3v) is 3.64. The van der Waals surface area contributed by atoms with Gasteiger partial charge >= 0.3 is 0 Å². The van der Waals surface area contributed by atoms with Crippen LogP contribution in [-0.2, 0) is 5.60 Å². The summed E-state index contributed by atoms with van der Waals surface area (Å²) in [5.74, 6) is 0.500. The van der Waals surface area contributed by atoms with Gasteiger partial charge in [0.2, 0.25) is 0 Å². The number of likely N-dealkylation sites (tertiary alicyclic amines) is 1. The molecule has 0 aliphatic carbocycles. The Kier molecular flexibility index (Phi) is 3.05. The molecule has 1 fully saturated rings. The van der Waals surface area contributed by atoms with E-state index in [1.165, 1.54) is 0 Å². The van der Waals surface area contributed by atoms with Crippen LogP contribution in [-0.4, -0.2) is 40.3 Å². The van der Waals surface area contributed by atoms with Crippen molar-refractivity contribution in [3.05, 3.63) is 35.3 Å². The summed E-state index contributed by atoms with van der Waals surface area (Å²) < 4.78 is 5.30. The van der Waals surface area contributed by atoms with Crippen LogP contribution in [0.3, 0.4) is 0 Å². The van der Waals surface area contributed by atoms with Crippen molar-refractivity contribution >= 4 is 11.6 Å². The predicted molar refractivity (Wildman–Crippen MR) is 70.8 cm³/mol. The van der Waals surface area contributed by atoms with E-state index >= 15 is 0 Å². The van der Waals surface area contributed by atoms with Crippen molar-refractivity contribution in [1.29, 1.82) is 0 Å². The predicted octanol–water partition coefficient (Wildman–Crippen LogP) is 1.91. The van der Waals surface area contributed by atoms with Gasteiger partial charge in [-0.2, -0.15) is 0 Å². The number of hydrogen-bond donors (Lipinski definition) is 1. The molecule has 1 saturated heterocycles. The highest BCUT2D eigenvalue weighted by Gasteiger charge is 2.39. The van der Waals surface area contributed by atoms with Crippen molar-refractivity contribution in [3.8, 4) is 11.3 Å². The molecule has 0 saturated carbocycles. The molecule has 1 aliphatic heterocycles. The van der Waals surface area contributed by atoms with Gasteiger partial charge in [-0.3, -0.25) is 0 Å². The quantitative estimate of drug-likeness (QED) is 0.851. The van der Waals surface area contributed by atoms with Gasteiger partial charge in [0, 0.05) is 30.9 Å². The van der Waals surface area contributed by atoms with Crippen LogP contribution in [0.1, 0.15) is 12.2 Å². The number of likely N-dealkylation sites (N-methyl/N-ethyl adjacent to an activating group) is 1. The fourth-order valence-electron chi connectivity index (χ4n) is 2.37. The number of nitrogens with zero attached hydrogens (tertiary/aromatic N) is 3. The first-order valence-corrected chi connectivity index (χ1v) is 6.45. The van der Waals surface area contributed by atoms with Gasteiger partial charge in [-0.1, -0.05) is 16.8 Å². The van der Waals surface area contributed by atoms with Crippen molar-refractivity contribution in [2.45, 2.75) is 12.0 Å². The van der Waals surface area contributed by atoms with Crippen LogP contribution in [0, 0.1) is 0 Å². The standard InChI is InChI=1S/C13H14ClN3O2/c1-17-5-3-13(18,8-17)11-7-10(16-19-11)9-2-4-15-12(14)6-9/h2,4,6-7,18H,3,5,8H2,1H3/t13-/m1/s1. The second-order valence-corrected chi connectivity index (χ2v) is 5.35. The van der Waals surface area contributed by atoms with Crippen molar-refractivity contribution in [2.75, 3.05) is 20.1 Å². The van der Waals surface area contributed by atoms with Crippen LogP contribution < -0.4 is 0 Å². The number of pyridine rings is 1. The Bertz CT molecular complexity index is 601. The summed E-state index contributed by atoms with van der Waals surface area (Å²) in [6.07, 6.45) is 2.26. The van der Waals surface area contributed by atoms with Crippen LogP contribution in [0.4, 0.5) is 0 Å². The van der Waals surface area contributed by atoms with Crippen molar-refractivity contribution in [1.82, 2.24) is 15.0 Å². The zero-order valence-corrected chi connectivity index (χ0v) is 11.3. The fourth-order valence-corrected chi connectivity index (χ4v) is 2.55. The Morgan fingerprint density at radius 1 is 1.47 bits per heavy atom. The number of aliphatic hydroxyl groups is 1. The third kappa shape index (κ3) is 2.36. The first-order chi connectivity index (χ1) is 9.07. The summed E-state index contributed by atoms with van der Waals surface area (Å²) in [6.45, 7) is 1.40. The molecule has 3 heterocycles. The highest BCUT2D eigenvalue weighted by Crippen LogP contribution is 2.33. The van der Waals surface area contributed by atoms with Gasteiger partial charge in [-0.05, 0) is 25.6 Å². The monoisotopic (exact) mass is 279 g/mol. The minimum absolute atomic E-state index is 0.404. The molecule has 6 heteroatoms. The Hall–Kier alpha value is -1.43. The molecule has 2 aromatic rings. The first-order valence-electron chi connectivity index (χ1n) is 6.07. The Morgan fingerprint density at radius 2 is 2.32 bits per heavy atom. The molecule has 1 N–H and O–H groups in total. The molecule has 0 unspecified atom stereocenters. The van der Waals surface area contributed by atoms with E-state index in [9.17, 15) is 5.11 Å². The van der Waals surface area contributed by atoms with Crippen LogP contribution in [0.15, 0.2) is 28.9 Å². The average Bonchev–Trinajstić information content (AvgIpc) is 2.97. The molecule has 2 aromatic heterocycles. The zero-order chi connectivity index (χ0) is 13.5. The van der Waals surface area contributed by atoms with Crippen molar-refractivity contribution < 1.29 is 9.63 Å². The van der Waals surface area contributed by atoms with Gasteiger partial charge in [-0.15, -0.1) is 0 Å². The van der Waals surface area contributed by atoms with E-state index in [2.05, 4.69) is 15.0 Å². The highest BCUT2D eigenvalue weighted by atomic mass is 35.5. The third-order valence-electron chi connectivity index (χ3n) is 3.43. The van der Waals surface area contributed by atoms with E-state index in [1.54, 1.807) is 24.4 Å². The normalized spacial score (nSPS) is 23.9. The molecule has 0 spiro atoms. The maximum Gasteiger partial charge on any atom is 0.170 e. The van der Waals surface area contributed by atoms with Crippen LogP contribution in [0.2, 0.25) is 5.15 Å². The summed E-state index contributed by atoms with van der Waals surface area (Å²) in [4.78, 5) is 5.99. The van der Waals surface area contributed by atoms with Gasteiger partial charge in [0.15, 0.2) is 5.76 Å². The lowest BCUT2D eigenvalue weighted by Crippen LogP contribution is -2.28. The second kappa shape index (κ2) is 4.59. The fraction of sp³-hybridized carbons (Fsp3) is 0.385. The van der Waals surface area contributed by atoms with Gasteiger partial charge in [0.1, 0.15) is 16.4 Å². The lowest BCUT2D eigenvalue weighted by molar-refractivity contribution is 0.0211. The lowest BCUT2D eigenvalue weighted by Gasteiger charge is -2.18. The molecule has 1 aliphatic rings. The van der Waals surface area contributed by atoms with E-state index in [4.69, 9.17) is 16.1 Å². The number of aromatic nitrogens is 2. The van der Waals surface area contributed by atoms with Gasteiger partial charge < -0.3 is 14.5 Å². The SMILES string of the molecule is CN1CC[C@](O)(c2cc(-c3ccnc(Cl)c3)no2)C1. The molecule has 0 aromatic carbocycles. The maximum absolute atomic E-state index is 10.5. The summed E-state index contributed by atoms with van der Waals surface area (Å²) in [5.41, 5.74) is 0.531. The lowest BCUT2D eigenvalue weighted by atomic mass is 9.99. The van der Waals surface area contributed by atoms with Crippen molar-refractivity contribution in [2.24, 2.45) is 0 Å². The molecule has 0 amide bonds. The van der Waals surface area contributed by atoms with E-state index in [-0.39, 0.29) is 0 Å². The Labute approximate surface area is 115 Å². The molecule has 1 atom stereocenters. The maximum atomic E-state index is 10.5. The summed E-state index contributed by atoms with van der Waals surface area (Å²) in [7, 11) is 1.97. The second-order valence-electron chi connectivity index (χ2n) is 4.96. The van der Waals surface area contributed by atoms with Crippen LogP contribution in [0.5, 0.6) is 0 Å². The van der Waals surface area contributed by atoms with Gasteiger partial charge in [-0.25, -0.2) is 4.98 Å². The minimum atomic E-state index is -0.948. The largest absolute Gasteiger partial charge is 0.380 e. The number of β-amino-alcohol motifs (C(OH)–C–C–N with tert-alkyl or cyclic N) is 1. The molecule has 0 radical (unpaired) electrons. The van der Waals surface area contributed by atoms with Crippen molar-refractivity contribution in [3.63, 3.8) is 0 Å². The van der Waals surface area contributed by atoms with Crippen LogP contribution in [0.25, 0.3) is 11.3 Å². The number of halogens is 1. The number of rotatable bonds is 2. The Morgan fingerprint density at radius 3 is 3.00 bits per heavy atom. The molecule has 5 nitrogen and oxygen atoms in total. The smallest absolute Gasteiger partial charge is 0.170 e. The van der Waals surface area contributed by atoms with E-state index in [0.717, 1.165) is 12.1 Å². The Balaban J connectivity index is 1.92. The summed E-state index contributed by atoms with van der Waals surface area (Å²) in [6, 6.07) is 5.29. The van der Waals surface area contributed by atoms with Gasteiger partial charge in [0.05, 0.1) is 0 Å². The topological polar surface area (TPSA) is 62.4 Å². The van der Waals surface area contributed by atoms with E-state index in [1.807, 2.05) is 7.05 Å². The zero-order valence-electron chi connectivity index (χ0n) is 10.5. The van der Waals surface area contributed by atoms with E-state index in [0.29, 0.717) is 29.6 Å². The molecular formula is C13H14ClN3O2. The highest BCUT2D eigenvalue weighted by molar-refractivity contribution is 6.29. The molecular weight excluding hydrogens is 266 g/mol. The number of hydrogen-bond acceptors (Lipinski definition) is 5. The average molecular weight is 280 g/mol. The molecule has 0 bridgehead atoms. The minimum Gasteiger partial charge on any atom is -0.380 e. The van der Waals surface area contributed by atoms with Crippen LogP contribution >= 0.6 is 11.6 Å². The van der Waals surface area contributed by atoms with E-state index < -0.39 is 5.60 Å². The first kappa shape index (κ1) is 12.6. The van der Waals surface area contributed by atoms with Gasteiger partial charge in [0.25, 0.3) is 0 Å².